The Hall–Kier alpha value is -2.09. The van der Waals surface area contributed by atoms with Gasteiger partial charge < -0.3 is 9.88 Å². The van der Waals surface area contributed by atoms with Crippen LogP contribution >= 0.6 is 15.9 Å². The van der Waals surface area contributed by atoms with Crippen LogP contribution in [0.2, 0.25) is 0 Å². The van der Waals surface area contributed by atoms with Crippen LogP contribution in [0, 0.1) is 6.92 Å². The number of aryl methyl sites for hydroxylation is 2. The summed E-state index contributed by atoms with van der Waals surface area (Å²) in [6.45, 7) is 7.15. The Balaban J connectivity index is 2.74. The number of nitrogens with one attached hydrogen (secondary N) is 1. The van der Waals surface area contributed by atoms with Crippen LogP contribution in [-0.4, -0.2) is 10.5 Å². The first kappa shape index (κ1) is 24.2. The number of amides is 1. The first-order chi connectivity index (χ1) is 14.1. The third-order valence-electron chi connectivity index (χ3n) is 5.12. The molecule has 2 aromatic rings. The Morgan fingerprint density at radius 3 is 2.17 bits per heavy atom. The zero-order valence-electron chi connectivity index (χ0n) is 17.5. The number of carbonyl (C=O) groups excluding carboxylic acids is 1. The van der Waals surface area contributed by atoms with E-state index in [0.29, 0.717) is 31.4 Å². The van der Waals surface area contributed by atoms with E-state index in [-0.39, 0.29) is 16.7 Å². The molecule has 0 fully saturated rings. The minimum atomic E-state index is -4.86. The van der Waals surface area contributed by atoms with Crippen molar-refractivity contribution in [3.63, 3.8) is 0 Å². The highest BCUT2D eigenvalue weighted by Gasteiger charge is 2.41. The molecule has 0 bridgehead atoms. The molecule has 0 atom stereocenters. The van der Waals surface area contributed by atoms with Gasteiger partial charge in [0.1, 0.15) is 11.3 Å². The number of carbonyl (C=O) groups is 1. The lowest BCUT2D eigenvalue weighted by Gasteiger charge is -2.23. The molecule has 0 aliphatic rings. The summed E-state index contributed by atoms with van der Waals surface area (Å²) in [5.74, 6) is -1.05. The van der Waals surface area contributed by atoms with Crippen LogP contribution in [0.3, 0.4) is 0 Å². The van der Waals surface area contributed by atoms with E-state index in [2.05, 4.69) is 21.2 Å². The van der Waals surface area contributed by atoms with Gasteiger partial charge in [-0.25, -0.2) is 0 Å². The van der Waals surface area contributed by atoms with Crippen molar-refractivity contribution in [1.29, 1.82) is 0 Å². The van der Waals surface area contributed by atoms with E-state index in [4.69, 9.17) is 0 Å². The summed E-state index contributed by atoms with van der Waals surface area (Å²) in [4.78, 5) is 25.9. The molecule has 1 heterocycles. The molecule has 164 valence electrons. The molecule has 0 aliphatic heterocycles. The van der Waals surface area contributed by atoms with E-state index in [1.54, 1.807) is 0 Å². The molecule has 2 rings (SSSR count). The highest BCUT2D eigenvalue weighted by atomic mass is 79.9. The third kappa shape index (κ3) is 4.79. The lowest BCUT2D eigenvalue weighted by Crippen LogP contribution is -2.33. The molecule has 0 aliphatic carbocycles. The molecule has 0 saturated heterocycles. The fourth-order valence-corrected chi connectivity index (χ4v) is 3.90. The van der Waals surface area contributed by atoms with E-state index in [1.165, 1.54) is 6.92 Å². The van der Waals surface area contributed by atoms with Crippen molar-refractivity contribution in [3.05, 3.63) is 61.0 Å². The van der Waals surface area contributed by atoms with Crippen LogP contribution in [0.25, 0.3) is 0 Å². The second kappa shape index (κ2) is 9.81. The van der Waals surface area contributed by atoms with Crippen molar-refractivity contribution in [3.8, 4) is 0 Å². The number of alkyl halides is 3. The fourth-order valence-electron chi connectivity index (χ4n) is 3.48. The van der Waals surface area contributed by atoms with E-state index < -0.39 is 28.8 Å². The topological polar surface area (TPSA) is 51.1 Å². The number of halogens is 4. The Morgan fingerprint density at radius 1 is 1.13 bits per heavy atom. The van der Waals surface area contributed by atoms with E-state index in [9.17, 15) is 22.8 Å². The fraction of sp³-hybridized carbons (Fsp3) is 0.455. The molecule has 1 aromatic heterocycles. The lowest BCUT2D eigenvalue weighted by atomic mass is 10.0. The van der Waals surface area contributed by atoms with Crippen molar-refractivity contribution < 1.29 is 18.0 Å². The Bertz CT molecular complexity index is 975. The van der Waals surface area contributed by atoms with Crippen molar-refractivity contribution >= 4 is 27.5 Å². The molecule has 1 N–H and O–H groups in total. The number of hydrogen-bond donors (Lipinski definition) is 1. The van der Waals surface area contributed by atoms with E-state index >= 15 is 0 Å². The van der Waals surface area contributed by atoms with Gasteiger partial charge in [0.25, 0.3) is 5.91 Å². The van der Waals surface area contributed by atoms with Gasteiger partial charge in [-0.3, -0.25) is 9.59 Å². The molecule has 8 heteroatoms. The van der Waals surface area contributed by atoms with Crippen molar-refractivity contribution in [2.75, 3.05) is 5.32 Å². The Morgan fingerprint density at radius 2 is 1.70 bits per heavy atom. The zero-order valence-corrected chi connectivity index (χ0v) is 19.1. The standard InChI is InChI=1S/C22H26BrF3N2O2/c1-5-8-12-28-13(4)17(23)19(29)16(20(28)22(24,25)26)21(30)27-18-14(6-2)10-9-11-15(18)7-3/h9-11H,5-8,12H2,1-4H3,(H,27,30). The molecule has 1 aromatic carbocycles. The maximum atomic E-state index is 14.1. The molecule has 1 amide bonds. The number of unbranched alkanes of at least 4 members (excludes halogenated alkanes) is 1. The average Bonchev–Trinajstić information content (AvgIpc) is 2.70. The number of para-hydroxylation sites is 1. The Kier molecular flexibility index (Phi) is 7.91. The van der Waals surface area contributed by atoms with Gasteiger partial charge in [-0.05, 0) is 53.2 Å². The third-order valence-corrected chi connectivity index (χ3v) is 6.06. The van der Waals surface area contributed by atoms with Crippen LogP contribution in [0.4, 0.5) is 18.9 Å². The largest absolute Gasteiger partial charge is 0.432 e. The second-order valence-electron chi connectivity index (χ2n) is 7.07. The number of hydrogen-bond acceptors (Lipinski definition) is 2. The summed E-state index contributed by atoms with van der Waals surface area (Å²) in [5.41, 5.74) is -0.827. The summed E-state index contributed by atoms with van der Waals surface area (Å²) in [6, 6.07) is 5.46. The molecule has 0 saturated carbocycles. The minimum absolute atomic E-state index is 0.0313. The highest BCUT2D eigenvalue weighted by molar-refractivity contribution is 9.10. The number of anilines is 1. The second-order valence-corrected chi connectivity index (χ2v) is 7.86. The van der Waals surface area contributed by atoms with Crippen molar-refractivity contribution in [2.45, 2.75) is 66.1 Å². The number of benzene rings is 1. The quantitative estimate of drug-likeness (QED) is 0.512. The number of pyridine rings is 1. The van der Waals surface area contributed by atoms with Gasteiger partial charge in [-0.1, -0.05) is 45.4 Å². The molecule has 30 heavy (non-hydrogen) atoms. The van der Waals surface area contributed by atoms with Crippen molar-refractivity contribution in [2.24, 2.45) is 0 Å². The van der Waals surface area contributed by atoms with Crippen LogP contribution in [0.15, 0.2) is 27.5 Å². The van der Waals surface area contributed by atoms with Gasteiger partial charge in [0.2, 0.25) is 5.43 Å². The highest BCUT2D eigenvalue weighted by Crippen LogP contribution is 2.34. The van der Waals surface area contributed by atoms with Gasteiger partial charge in [-0.15, -0.1) is 0 Å². The predicted molar refractivity (Wildman–Crippen MR) is 116 cm³/mol. The SMILES string of the molecule is CCCCn1c(C)c(Br)c(=O)c(C(=O)Nc2c(CC)cccc2CC)c1C(F)(F)F. The first-order valence-corrected chi connectivity index (χ1v) is 10.8. The van der Waals surface area contributed by atoms with Gasteiger partial charge in [-0.2, -0.15) is 13.2 Å². The molecular formula is C22H26BrF3N2O2. The van der Waals surface area contributed by atoms with Gasteiger partial charge in [0.15, 0.2) is 0 Å². The van der Waals surface area contributed by atoms with E-state index in [1.807, 2.05) is 39.0 Å². The summed E-state index contributed by atoms with van der Waals surface area (Å²) in [5, 5.41) is 2.61. The maximum Gasteiger partial charge on any atom is 0.432 e. The van der Waals surface area contributed by atoms with Gasteiger partial charge >= 0.3 is 6.18 Å². The molecule has 0 radical (unpaired) electrons. The van der Waals surface area contributed by atoms with Gasteiger partial charge in [0, 0.05) is 17.9 Å². The lowest BCUT2D eigenvalue weighted by molar-refractivity contribution is -0.144. The van der Waals surface area contributed by atoms with Crippen molar-refractivity contribution in [1.82, 2.24) is 4.57 Å². The number of aromatic nitrogens is 1. The average molecular weight is 487 g/mol. The monoisotopic (exact) mass is 486 g/mol. The molecular weight excluding hydrogens is 461 g/mol. The van der Waals surface area contributed by atoms with Crippen LogP contribution in [-0.2, 0) is 25.6 Å². The maximum absolute atomic E-state index is 14.1. The molecule has 4 nitrogen and oxygen atoms in total. The first-order valence-electron chi connectivity index (χ1n) is 10.0. The summed E-state index contributed by atoms with van der Waals surface area (Å²) in [7, 11) is 0. The van der Waals surface area contributed by atoms with Gasteiger partial charge in [0.05, 0.1) is 4.47 Å². The number of rotatable bonds is 7. The van der Waals surface area contributed by atoms with Crippen LogP contribution in [0.1, 0.15) is 66.5 Å². The zero-order chi connectivity index (χ0) is 22.6. The van der Waals surface area contributed by atoms with Crippen LogP contribution in [0.5, 0.6) is 0 Å². The summed E-state index contributed by atoms with van der Waals surface area (Å²) >= 11 is 3.10. The summed E-state index contributed by atoms with van der Waals surface area (Å²) in [6.07, 6.45) is -2.52. The predicted octanol–water partition coefficient (Wildman–Crippen LogP) is 6.12. The summed E-state index contributed by atoms with van der Waals surface area (Å²) < 4.78 is 43.2. The molecule has 0 unspecified atom stereocenters. The number of nitrogens with zero attached hydrogens (tertiary/aromatic N) is 1. The smallest absolute Gasteiger partial charge is 0.339 e. The van der Waals surface area contributed by atoms with E-state index in [0.717, 1.165) is 15.7 Å². The normalized spacial score (nSPS) is 11.6. The van der Waals surface area contributed by atoms with Crippen LogP contribution < -0.4 is 10.7 Å². The molecule has 0 spiro atoms. The Labute approximate surface area is 182 Å². The minimum Gasteiger partial charge on any atom is -0.339 e.